The van der Waals surface area contributed by atoms with Crippen LogP contribution >= 0.6 is 27.5 Å². The molecule has 7 heteroatoms. The van der Waals surface area contributed by atoms with Crippen LogP contribution in [-0.2, 0) is 4.79 Å². The van der Waals surface area contributed by atoms with Gasteiger partial charge in [0.25, 0.3) is 0 Å². The van der Waals surface area contributed by atoms with Crippen LogP contribution in [-0.4, -0.2) is 35.1 Å². The molecule has 0 spiro atoms. The van der Waals surface area contributed by atoms with E-state index in [1.807, 2.05) is 6.92 Å². The minimum Gasteiger partial charge on any atom is -0.481 e. The van der Waals surface area contributed by atoms with Crippen molar-refractivity contribution < 1.29 is 14.7 Å². The highest BCUT2D eigenvalue weighted by Crippen LogP contribution is 2.35. The first-order valence-electron chi connectivity index (χ1n) is 6.63. The second-order valence-corrected chi connectivity index (χ2v) is 6.34. The highest BCUT2D eigenvalue weighted by Gasteiger charge is 2.44. The molecule has 0 aliphatic carbocycles. The highest BCUT2D eigenvalue weighted by molar-refractivity contribution is 9.10. The van der Waals surface area contributed by atoms with Gasteiger partial charge in [-0.1, -0.05) is 24.6 Å². The number of likely N-dealkylation sites (tertiary alicyclic amines) is 1. The molecular formula is C14H16BrClN2O3. The normalized spacial score (nSPS) is 21.4. The minimum absolute atomic E-state index is 0.225. The molecule has 1 aromatic rings. The number of rotatable bonds is 3. The maximum atomic E-state index is 12.3. The maximum Gasteiger partial charge on any atom is 0.321 e. The molecule has 2 rings (SSSR count). The van der Waals surface area contributed by atoms with Crippen molar-refractivity contribution in [2.45, 2.75) is 19.8 Å². The van der Waals surface area contributed by atoms with Crippen molar-refractivity contribution in [3.05, 3.63) is 27.7 Å². The molecule has 1 aliphatic heterocycles. The number of urea groups is 1. The number of carboxylic acid groups (broad SMARTS) is 1. The van der Waals surface area contributed by atoms with Gasteiger partial charge >= 0.3 is 12.0 Å². The Bertz CT molecular complexity index is 581. The number of carboxylic acids is 1. The number of hydrogen-bond acceptors (Lipinski definition) is 2. The van der Waals surface area contributed by atoms with E-state index in [9.17, 15) is 14.7 Å². The first-order chi connectivity index (χ1) is 9.89. The Kier molecular flexibility index (Phi) is 4.78. The third-order valence-corrected chi connectivity index (χ3v) is 5.36. The van der Waals surface area contributed by atoms with E-state index in [1.54, 1.807) is 18.2 Å². The molecule has 2 amide bonds. The van der Waals surface area contributed by atoms with E-state index in [0.29, 0.717) is 34.6 Å². The topological polar surface area (TPSA) is 69.6 Å². The quantitative estimate of drug-likeness (QED) is 0.844. The van der Waals surface area contributed by atoms with E-state index in [4.69, 9.17) is 11.6 Å². The molecule has 1 aromatic carbocycles. The van der Waals surface area contributed by atoms with Gasteiger partial charge in [-0.15, -0.1) is 0 Å². The van der Waals surface area contributed by atoms with Crippen LogP contribution in [0.5, 0.6) is 0 Å². The van der Waals surface area contributed by atoms with E-state index < -0.39 is 11.4 Å². The van der Waals surface area contributed by atoms with Crippen molar-refractivity contribution in [1.82, 2.24) is 4.90 Å². The zero-order chi connectivity index (χ0) is 15.6. The number of hydrogen-bond donors (Lipinski definition) is 2. The molecule has 5 nitrogen and oxygen atoms in total. The van der Waals surface area contributed by atoms with Crippen LogP contribution in [0.25, 0.3) is 0 Å². The van der Waals surface area contributed by atoms with Crippen molar-refractivity contribution in [1.29, 1.82) is 0 Å². The molecule has 114 valence electrons. The largest absolute Gasteiger partial charge is 0.481 e. The van der Waals surface area contributed by atoms with Crippen LogP contribution < -0.4 is 5.32 Å². The number of aliphatic carboxylic acids is 1. The van der Waals surface area contributed by atoms with E-state index >= 15 is 0 Å². The first kappa shape index (κ1) is 16.1. The average Bonchev–Trinajstić information content (AvgIpc) is 2.90. The summed E-state index contributed by atoms with van der Waals surface area (Å²) >= 11 is 9.29. The summed E-state index contributed by atoms with van der Waals surface area (Å²) < 4.78 is 0.610. The molecule has 1 atom stereocenters. The molecule has 0 bridgehead atoms. The van der Waals surface area contributed by atoms with Crippen LogP contribution in [0.15, 0.2) is 22.7 Å². The van der Waals surface area contributed by atoms with Crippen LogP contribution in [0.4, 0.5) is 10.5 Å². The second-order valence-electron chi connectivity index (χ2n) is 5.14. The second kappa shape index (κ2) is 6.23. The molecule has 2 N–H and O–H groups in total. The summed E-state index contributed by atoms with van der Waals surface area (Å²) in [6, 6.07) is 4.87. The van der Waals surface area contributed by atoms with Crippen LogP contribution in [0, 0.1) is 5.41 Å². The summed E-state index contributed by atoms with van der Waals surface area (Å²) in [7, 11) is 0. The smallest absolute Gasteiger partial charge is 0.321 e. The Labute approximate surface area is 136 Å². The van der Waals surface area contributed by atoms with Crippen molar-refractivity contribution in [3.63, 3.8) is 0 Å². The summed E-state index contributed by atoms with van der Waals surface area (Å²) in [5.74, 6) is -0.843. The molecule has 0 aromatic heterocycles. The molecule has 0 saturated carbocycles. The Morgan fingerprint density at radius 3 is 2.81 bits per heavy atom. The fourth-order valence-electron chi connectivity index (χ4n) is 2.45. The van der Waals surface area contributed by atoms with Gasteiger partial charge in [-0.25, -0.2) is 4.79 Å². The number of anilines is 1. The summed E-state index contributed by atoms with van der Waals surface area (Å²) in [5, 5.41) is 12.6. The van der Waals surface area contributed by atoms with Crippen LogP contribution in [0.2, 0.25) is 5.02 Å². The predicted molar refractivity (Wildman–Crippen MR) is 84.7 cm³/mol. The van der Waals surface area contributed by atoms with Gasteiger partial charge in [-0.2, -0.15) is 0 Å². The van der Waals surface area contributed by atoms with Crippen molar-refractivity contribution in [2.75, 3.05) is 18.4 Å². The molecule has 1 unspecified atom stereocenters. The third-order valence-electron chi connectivity index (χ3n) is 3.96. The van der Waals surface area contributed by atoms with Crippen molar-refractivity contribution in [2.24, 2.45) is 5.41 Å². The lowest BCUT2D eigenvalue weighted by atomic mass is 9.84. The molecule has 21 heavy (non-hydrogen) atoms. The number of amides is 2. The van der Waals surface area contributed by atoms with Gasteiger partial charge in [0.2, 0.25) is 0 Å². The lowest BCUT2D eigenvalue weighted by Gasteiger charge is -2.23. The minimum atomic E-state index is -0.843. The third kappa shape index (κ3) is 3.16. The van der Waals surface area contributed by atoms with Gasteiger partial charge in [0.15, 0.2) is 0 Å². The van der Waals surface area contributed by atoms with E-state index in [-0.39, 0.29) is 12.6 Å². The lowest BCUT2D eigenvalue weighted by Crippen LogP contribution is -2.38. The van der Waals surface area contributed by atoms with Gasteiger partial charge < -0.3 is 15.3 Å². The van der Waals surface area contributed by atoms with Gasteiger partial charge in [0.1, 0.15) is 0 Å². The standard InChI is InChI=1S/C14H16BrClN2O3/c1-2-14(12(19)20)6-7-18(8-14)13(21)17-10-5-3-4-9(16)11(10)15/h3-5H,2,6-8H2,1H3,(H,17,21)(H,19,20). The Morgan fingerprint density at radius 2 is 2.24 bits per heavy atom. The molecule has 0 radical (unpaired) electrons. The number of carbonyl (C=O) groups is 2. The van der Waals surface area contributed by atoms with Crippen molar-refractivity contribution >= 4 is 45.2 Å². The Balaban J connectivity index is 2.09. The zero-order valence-corrected chi connectivity index (χ0v) is 13.9. The first-order valence-corrected chi connectivity index (χ1v) is 7.80. The molecule has 1 fully saturated rings. The predicted octanol–water partition coefficient (Wildman–Crippen LogP) is 3.82. The number of halogens is 2. The fourth-order valence-corrected chi connectivity index (χ4v) is 2.99. The van der Waals surface area contributed by atoms with Crippen LogP contribution in [0.3, 0.4) is 0 Å². The summed E-state index contributed by atoms with van der Waals surface area (Å²) in [6.45, 7) is 2.50. The number of nitrogens with one attached hydrogen (secondary N) is 1. The van der Waals surface area contributed by atoms with Gasteiger partial charge in [0.05, 0.1) is 20.6 Å². The van der Waals surface area contributed by atoms with E-state index in [0.717, 1.165) is 0 Å². The van der Waals surface area contributed by atoms with E-state index in [2.05, 4.69) is 21.2 Å². The summed E-state index contributed by atoms with van der Waals surface area (Å²) in [6.07, 6.45) is 0.982. The summed E-state index contributed by atoms with van der Waals surface area (Å²) in [5.41, 5.74) is -0.264. The molecular weight excluding hydrogens is 360 g/mol. The van der Waals surface area contributed by atoms with Crippen molar-refractivity contribution in [3.8, 4) is 0 Å². The molecule has 1 saturated heterocycles. The van der Waals surface area contributed by atoms with Gasteiger partial charge in [-0.05, 0) is 40.9 Å². The Morgan fingerprint density at radius 1 is 1.52 bits per heavy atom. The lowest BCUT2D eigenvalue weighted by molar-refractivity contribution is -0.148. The average molecular weight is 376 g/mol. The maximum absolute atomic E-state index is 12.3. The fraction of sp³-hybridized carbons (Fsp3) is 0.429. The highest BCUT2D eigenvalue weighted by atomic mass is 79.9. The SMILES string of the molecule is CCC1(C(=O)O)CCN(C(=O)Nc2cccc(Cl)c2Br)C1. The molecule has 1 heterocycles. The number of nitrogens with zero attached hydrogens (tertiary/aromatic N) is 1. The zero-order valence-electron chi connectivity index (χ0n) is 11.5. The van der Waals surface area contributed by atoms with Crippen LogP contribution in [0.1, 0.15) is 19.8 Å². The number of carbonyl (C=O) groups excluding carboxylic acids is 1. The monoisotopic (exact) mass is 374 g/mol. The Hall–Kier alpha value is -1.27. The molecule has 1 aliphatic rings. The van der Waals surface area contributed by atoms with Gasteiger partial charge in [-0.3, -0.25) is 4.79 Å². The van der Waals surface area contributed by atoms with Gasteiger partial charge in [0, 0.05) is 13.1 Å². The van der Waals surface area contributed by atoms with E-state index in [1.165, 1.54) is 4.90 Å². The number of benzene rings is 1. The summed E-state index contributed by atoms with van der Waals surface area (Å²) in [4.78, 5) is 25.2.